The van der Waals surface area contributed by atoms with Gasteiger partial charge in [-0.1, -0.05) is 6.07 Å². The largest absolute Gasteiger partial charge is 0.496 e. The summed E-state index contributed by atoms with van der Waals surface area (Å²) < 4.78 is 13.4. The maximum Gasteiger partial charge on any atom is 0.271 e. The normalized spacial score (nSPS) is 18.7. The summed E-state index contributed by atoms with van der Waals surface area (Å²) >= 11 is 1.65. The second-order valence-corrected chi connectivity index (χ2v) is 10.1. The van der Waals surface area contributed by atoms with Crippen LogP contribution in [0.3, 0.4) is 0 Å². The Bertz CT molecular complexity index is 1460. The minimum Gasteiger partial charge on any atom is -0.496 e. The van der Waals surface area contributed by atoms with E-state index in [-0.39, 0.29) is 5.91 Å². The van der Waals surface area contributed by atoms with Crippen molar-refractivity contribution in [2.45, 2.75) is 38.3 Å². The van der Waals surface area contributed by atoms with Gasteiger partial charge in [0.15, 0.2) is 0 Å². The molecule has 0 spiro atoms. The number of aryl methyl sites for hydroxylation is 1. The molecule has 1 aromatic carbocycles. The van der Waals surface area contributed by atoms with Crippen LogP contribution in [0.25, 0.3) is 33.2 Å². The van der Waals surface area contributed by atoms with Crippen molar-refractivity contribution in [3.8, 4) is 45.0 Å². The molecule has 1 fully saturated rings. The third-order valence-electron chi connectivity index (χ3n) is 7.18. The average molecular weight is 485 g/mol. The number of rotatable bonds is 4. The fraction of sp³-hybridized carbons (Fsp3) is 0.296. The number of benzene rings is 1. The number of methoxy groups -OCH3 is 1. The minimum atomic E-state index is -0.775. The Morgan fingerprint density at radius 3 is 2.86 bits per heavy atom. The van der Waals surface area contributed by atoms with Crippen molar-refractivity contribution in [1.82, 2.24) is 14.5 Å². The number of ether oxygens (including phenoxy) is 1. The van der Waals surface area contributed by atoms with E-state index < -0.39 is 5.54 Å². The first-order valence-corrected chi connectivity index (χ1v) is 12.5. The van der Waals surface area contributed by atoms with Crippen LogP contribution in [0.2, 0.25) is 0 Å². The third-order valence-corrected chi connectivity index (χ3v) is 8.08. The molecule has 2 aliphatic rings. The number of nitriles is 1. The summed E-state index contributed by atoms with van der Waals surface area (Å²) in [7, 11) is 1.65. The van der Waals surface area contributed by atoms with Crippen LogP contribution in [0.15, 0.2) is 52.6 Å². The van der Waals surface area contributed by atoms with Gasteiger partial charge in [-0.15, -0.1) is 11.3 Å². The number of fused-ring (bicyclic) bond motifs is 3. The first-order valence-electron chi connectivity index (χ1n) is 11.7. The Balaban J connectivity index is 1.56. The first-order chi connectivity index (χ1) is 17.0. The molecule has 2 aliphatic heterocycles. The maximum atomic E-state index is 13.9. The van der Waals surface area contributed by atoms with Crippen molar-refractivity contribution in [2.24, 2.45) is 0 Å². The Kier molecular flexibility index (Phi) is 5.04. The zero-order valence-corrected chi connectivity index (χ0v) is 20.4. The fourth-order valence-corrected chi connectivity index (χ4v) is 6.13. The molecule has 5 heterocycles. The Morgan fingerprint density at radius 2 is 2.14 bits per heavy atom. The van der Waals surface area contributed by atoms with Crippen molar-refractivity contribution in [1.29, 1.82) is 5.26 Å². The van der Waals surface area contributed by atoms with Crippen LogP contribution in [0.1, 0.15) is 35.8 Å². The van der Waals surface area contributed by atoms with E-state index in [9.17, 15) is 10.1 Å². The van der Waals surface area contributed by atoms with Gasteiger partial charge in [0, 0.05) is 29.1 Å². The van der Waals surface area contributed by atoms with Gasteiger partial charge in [-0.05, 0) is 61.4 Å². The summed E-state index contributed by atoms with van der Waals surface area (Å²) in [6.07, 6.45) is 5.46. The maximum absolute atomic E-state index is 13.9. The molecule has 1 amide bonds. The lowest BCUT2D eigenvalue weighted by Crippen LogP contribution is -2.44. The molecule has 3 aromatic heterocycles. The summed E-state index contributed by atoms with van der Waals surface area (Å²) in [4.78, 5) is 21.0. The van der Waals surface area contributed by atoms with Crippen LogP contribution in [0, 0.1) is 11.3 Å². The molecule has 0 radical (unpaired) electrons. The molecule has 35 heavy (non-hydrogen) atoms. The lowest BCUT2D eigenvalue weighted by atomic mass is 9.93. The number of nitrogens with zero attached hydrogens (tertiary/aromatic N) is 4. The molecule has 1 atom stereocenters. The van der Waals surface area contributed by atoms with Crippen LogP contribution < -0.4 is 4.74 Å². The smallest absolute Gasteiger partial charge is 0.271 e. The van der Waals surface area contributed by atoms with Gasteiger partial charge >= 0.3 is 0 Å². The van der Waals surface area contributed by atoms with E-state index in [0.29, 0.717) is 36.8 Å². The molecule has 0 bridgehead atoms. The second-order valence-electron chi connectivity index (χ2n) is 9.16. The molecule has 7 nitrogen and oxygen atoms in total. The van der Waals surface area contributed by atoms with E-state index in [1.807, 2.05) is 24.4 Å². The lowest BCUT2D eigenvalue weighted by Gasteiger charge is -2.30. The van der Waals surface area contributed by atoms with E-state index in [4.69, 9.17) is 9.15 Å². The lowest BCUT2D eigenvalue weighted by molar-refractivity contribution is 0.0682. The molecular weight excluding hydrogens is 460 g/mol. The Morgan fingerprint density at radius 1 is 1.26 bits per heavy atom. The summed E-state index contributed by atoms with van der Waals surface area (Å²) in [6.45, 7) is 3.13. The molecule has 0 N–H and O–H groups in total. The molecule has 1 saturated heterocycles. The quantitative estimate of drug-likeness (QED) is 0.375. The average Bonchev–Trinajstić information content (AvgIpc) is 3.68. The number of amides is 1. The first kappa shape index (κ1) is 21.7. The molecular formula is C27H24N4O3S. The summed E-state index contributed by atoms with van der Waals surface area (Å²) in [5.41, 5.74) is 4.84. The predicted octanol–water partition coefficient (Wildman–Crippen LogP) is 5.62. The third kappa shape index (κ3) is 3.30. The van der Waals surface area contributed by atoms with E-state index in [0.717, 1.165) is 45.7 Å². The predicted molar refractivity (Wildman–Crippen MR) is 133 cm³/mol. The standard InChI is InChI=1S/C27H24N4O3S/c1-27(16-28)7-4-9-31(27)26(32)21-15-20(23-5-3-12-35-23)24-18-14-19(25-29-8-11-34-25)22(33-2)13-17(18)6-10-30(21)24/h3,5,8,11-15H,4,6-7,9-10H2,1-2H3/t27-/m1/s1. The zero-order chi connectivity index (χ0) is 24.2. The second kappa shape index (κ2) is 8.14. The highest BCUT2D eigenvalue weighted by molar-refractivity contribution is 7.13. The number of hydrogen-bond acceptors (Lipinski definition) is 6. The van der Waals surface area contributed by atoms with Crippen LogP contribution in [-0.2, 0) is 13.0 Å². The van der Waals surface area contributed by atoms with Crippen LogP contribution in [-0.4, -0.2) is 39.6 Å². The van der Waals surface area contributed by atoms with E-state index in [1.165, 1.54) is 0 Å². The van der Waals surface area contributed by atoms with Gasteiger partial charge in [0.2, 0.25) is 5.89 Å². The molecule has 0 unspecified atom stereocenters. The van der Waals surface area contributed by atoms with Gasteiger partial charge in [-0.25, -0.2) is 4.98 Å². The van der Waals surface area contributed by atoms with Crippen molar-refractivity contribution < 1.29 is 13.9 Å². The van der Waals surface area contributed by atoms with E-state index in [1.54, 1.807) is 35.8 Å². The van der Waals surface area contributed by atoms with Crippen molar-refractivity contribution >= 4 is 17.2 Å². The van der Waals surface area contributed by atoms with Crippen molar-refractivity contribution in [3.05, 3.63) is 59.4 Å². The van der Waals surface area contributed by atoms with E-state index in [2.05, 4.69) is 33.8 Å². The minimum absolute atomic E-state index is 0.0829. The Hall–Kier alpha value is -3.83. The SMILES string of the molecule is COc1cc2c(cc1-c1ncco1)-c1c(-c3cccs3)cc(C(=O)N3CCC[C@]3(C)C#N)n1CC2. The Labute approximate surface area is 207 Å². The molecule has 4 aromatic rings. The van der Waals surface area contributed by atoms with Crippen LogP contribution in [0.4, 0.5) is 0 Å². The fourth-order valence-electron chi connectivity index (χ4n) is 5.39. The van der Waals surface area contributed by atoms with Gasteiger partial charge in [0.05, 0.1) is 30.6 Å². The topological polar surface area (TPSA) is 84.3 Å². The van der Waals surface area contributed by atoms with Crippen molar-refractivity contribution in [3.63, 3.8) is 0 Å². The van der Waals surface area contributed by atoms with Crippen molar-refractivity contribution in [2.75, 3.05) is 13.7 Å². The molecule has 6 rings (SSSR count). The monoisotopic (exact) mass is 484 g/mol. The summed E-state index contributed by atoms with van der Waals surface area (Å²) in [5.74, 6) is 1.12. The zero-order valence-electron chi connectivity index (χ0n) is 19.6. The highest BCUT2D eigenvalue weighted by Gasteiger charge is 2.42. The highest BCUT2D eigenvalue weighted by Crippen LogP contribution is 2.45. The summed E-state index contributed by atoms with van der Waals surface area (Å²) in [6, 6.07) is 12.6. The van der Waals surface area contributed by atoms with Crippen LogP contribution in [0.5, 0.6) is 5.75 Å². The molecule has 8 heteroatoms. The van der Waals surface area contributed by atoms with Gasteiger partial charge in [0.25, 0.3) is 5.91 Å². The van der Waals surface area contributed by atoms with Gasteiger partial charge in [-0.2, -0.15) is 5.26 Å². The van der Waals surface area contributed by atoms with Crippen LogP contribution >= 0.6 is 11.3 Å². The number of oxazole rings is 1. The number of thiophene rings is 1. The van der Waals surface area contributed by atoms with Gasteiger partial charge < -0.3 is 18.6 Å². The molecule has 0 aliphatic carbocycles. The number of aromatic nitrogens is 2. The van der Waals surface area contributed by atoms with Gasteiger partial charge in [0.1, 0.15) is 23.2 Å². The molecule has 0 saturated carbocycles. The summed E-state index contributed by atoms with van der Waals surface area (Å²) in [5, 5.41) is 11.9. The van der Waals surface area contributed by atoms with E-state index >= 15 is 0 Å². The number of carbonyl (C=O) groups is 1. The number of carbonyl (C=O) groups excluding carboxylic acids is 1. The number of likely N-dealkylation sites (tertiary alicyclic amines) is 1. The van der Waals surface area contributed by atoms with Gasteiger partial charge in [-0.3, -0.25) is 4.79 Å². The highest BCUT2D eigenvalue weighted by atomic mass is 32.1. The molecule has 176 valence electrons. The number of hydrogen-bond donors (Lipinski definition) is 0.